The quantitative estimate of drug-likeness (QED) is 0.832. The lowest BCUT2D eigenvalue weighted by Crippen LogP contribution is -2.45. The Labute approximate surface area is 114 Å². The first-order chi connectivity index (χ1) is 7.83. The molecule has 18 heavy (non-hydrogen) atoms. The van der Waals surface area contributed by atoms with E-state index in [0.29, 0.717) is 13.1 Å². The van der Waals surface area contributed by atoms with Crippen LogP contribution in [0.3, 0.4) is 0 Å². The zero-order valence-electron chi connectivity index (χ0n) is 11.3. The number of nitrogens with two attached hydrogens (primary N) is 1. The number of piperidine rings is 1. The third-order valence-corrected chi connectivity index (χ3v) is 2.73. The van der Waals surface area contributed by atoms with E-state index in [1.54, 1.807) is 4.90 Å². The number of halogens is 1. The predicted molar refractivity (Wildman–Crippen MR) is 71.8 cm³/mol. The summed E-state index contributed by atoms with van der Waals surface area (Å²) in [6.45, 7) is 6.63. The molecule has 1 saturated heterocycles. The van der Waals surface area contributed by atoms with Crippen LogP contribution in [-0.2, 0) is 9.53 Å². The molecule has 1 aliphatic heterocycles. The topological polar surface area (TPSA) is 72.6 Å². The van der Waals surface area contributed by atoms with Crippen molar-refractivity contribution >= 4 is 24.3 Å². The van der Waals surface area contributed by atoms with Crippen LogP contribution in [0.4, 0.5) is 4.79 Å². The molecule has 1 unspecified atom stereocenters. The van der Waals surface area contributed by atoms with Gasteiger partial charge in [0.15, 0.2) is 5.78 Å². The van der Waals surface area contributed by atoms with Gasteiger partial charge in [-0.15, -0.1) is 12.4 Å². The Balaban J connectivity index is 0.00000289. The molecule has 6 heteroatoms. The van der Waals surface area contributed by atoms with E-state index in [1.807, 2.05) is 20.8 Å². The smallest absolute Gasteiger partial charge is 0.410 e. The molecule has 0 aromatic rings. The molecule has 1 aliphatic rings. The van der Waals surface area contributed by atoms with Gasteiger partial charge in [-0.2, -0.15) is 0 Å². The van der Waals surface area contributed by atoms with Gasteiger partial charge >= 0.3 is 6.09 Å². The molecule has 1 rings (SSSR count). The molecule has 0 radical (unpaired) electrons. The fourth-order valence-corrected chi connectivity index (χ4v) is 1.90. The normalized spacial score (nSPS) is 20.0. The number of Topliss-reactive ketones (excluding diaryl/α,β-unsaturated/α-hetero) is 1. The Morgan fingerprint density at radius 1 is 1.39 bits per heavy atom. The van der Waals surface area contributed by atoms with E-state index in [2.05, 4.69) is 0 Å². The van der Waals surface area contributed by atoms with Gasteiger partial charge in [0.25, 0.3) is 0 Å². The highest BCUT2D eigenvalue weighted by Gasteiger charge is 2.30. The second kappa shape index (κ2) is 6.95. The van der Waals surface area contributed by atoms with Gasteiger partial charge < -0.3 is 15.4 Å². The van der Waals surface area contributed by atoms with Gasteiger partial charge in [0.2, 0.25) is 0 Å². The summed E-state index contributed by atoms with van der Waals surface area (Å²) in [7, 11) is 0. The van der Waals surface area contributed by atoms with E-state index in [9.17, 15) is 9.59 Å². The number of ketones is 1. The summed E-state index contributed by atoms with van der Waals surface area (Å²) in [5.41, 5.74) is 4.84. The van der Waals surface area contributed by atoms with E-state index >= 15 is 0 Å². The van der Waals surface area contributed by atoms with Gasteiger partial charge in [-0.05, 0) is 33.6 Å². The van der Waals surface area contributed by atoms with Gasteiger partial charge in [0, 0.05) is 19.0 Å². The van der Waals surface area contributed by atoms with Gasteiger partial charge in [0.1, 0.15) is 5.60 Å². The second-order valence-electron chi connectivity index (χ2n) is 5.44. The number of amides is 1. The van der Waals surface area contributed by atoms with Crippen molar-refractivity contribution in [2.45, 2.75) is 39.2 Å². The molecule has 0 aliphatic carbocycles. The van der Waals surface area contributed by atoms with Crippen molar-refractivity contribution in [2.24, 2.45) is 11.7 Å². The summed E-state index contributed by atoms with van der Waals surface area (Å²) < 4.78 is 5.28. The molecule has 1 fully saturated rings. The molecule has 1 heterocycles. The maximum Gasteiger partial charge on any atom is 0.410 e. The number of carbonyl (C=O) groups excluding carboxylic acids is 2. The van der Waals surface area contributed by atoms with Gasteiger partial charge in [-0.3, -0.25) is 4.79 Å². The molecule has 5 nitrogen and oxygen atoms in total. The number of likely N-dealkylation sites (tertiary alicyclic amines) is 1. The lowest BCUT2D eigenvalue weighted by Gasteiger charge is -2.33. The molecular formula is C12H23ClN2O3. The molecular weight excluding hydrogens is 256 g/mol. The van der Waals surface area contributed by atoms with E-state index in [1.165, 1.54) is 0 Å². The van der Waals surface area contributed by atoms with Crippen molar-refractivity contribution in [1.29, 1.82) is 0 Å². The zero-order valence-corrected chi connectivity index (χ0v) is 12.1. The molecule has 1 amide bonds. The number of hydrogen-bond acceptors (Lipinski definition) is 4. The lowest BCUT2D eigenvalue weighted by molar-refractivity contribution is -0.122. The lowest BCUT2D eigenvalue weighted by atomic mass is 9.94. The van der Waals surface area contributed by atoms with Crippen molar-refractivity contribution in [2.75, 3.05) is 19.6 Å². The van der Waals surface area contributed by atoms with Crippen LogP contribution < -0.4 is 5.73 Å². The van der Waals surface area contributed by atoms with Crippen LogP contribution in [0.25, 0.3) is 0 Å². The van der Waals surface area contributed by atoms with Gasteiger partial charge in [-0.1, -0.05) is 0 Å². The van der Waals surface area contributed by atoms with E-state index < -0.39 is 5.60 Å². The van der Waals surface area contributed by atoms with Crippen molar-refractivity contribution in [3.05, 3.63) is 0 Å². The average Bonchev–Trinajstić information content (AvgIpc) is 2.26. The fourth-order valence-electron chi connectivity index (χ4n) is 1.90. The third kappa shape index (κ3) is 5.23. The SMILES string of the molecule is CC(C)(C)OC(=O)N1CCCC(C(=O)CN)C1.Cl. The van der Waals surface area contributed by atoms with E-state index in [0.717, 1.165) is 12.8 Å². The Morgan fingerprint density at radius 3 is 2.50 bits per heavy atom. The minimum atomic E-state index is -0.498. The first-order valence-corrected chi connectivity index (χ1v) is 6.04. The van der Waals surface area contributed by atoms with Crippen LogP contribution in [0, 0.1) is 5.92 Å². The monoisotopic (exact) mass is 278 g/mol. The average molecular weight is 279 g/mol. The van der Waals surface area contributed by atoms with Crippen molar-refractivity contribution < 1.29 is 14.3 Å². The van der Waals surface area contributed by atoms with Gasteiger partial charge in [0.05, 0.1) is 6.54 Å². The second-order valence-corrected chi connectivity index (χ2v) is 5.44. The highest BCUT2D eigenvalue weighted by atomic mass is 35.5. The zero-order chi connectivity index (χ0) is 13.1. The predicted octanol–water partition coefficient (Wildman–Crippen LogP) is 1.58. The van der Waals surface area contributed by atoms with Crippen LogP contribution in [0.15, 0.2) is 0 Å². The summed E-state index contributed by atoms with van der Waals surface area (Å²) >= 11 is 0. The Morgan fingerprint density at radius 2 is 2.00 bits per heavy atom. The standard InChI is InChI=1S/C12H22N2O3.ClH/c1-12(2,3)17-11(16)14-6-4-5-9(8-14)10(15)7-13;/h9H,4-8,13H2,1-3H3;1H. The molecule has 2 N–H and O–H groups in total. The van der Waals surface area contributed by atoms with Crippen LogP contribution >= 0.6 is 12.4 Å². The van der Waals surface area contributed by atoms with E-state index in [4.69, 9.17) is 10.5 Å². The molecule has 0 bridgehead atoms. The van der Waals surface area contributed by atoms with Crippen LogP contribution in [-0.4, -0.2) is 42.0 Å². The Bertz CT molecular complexity index is 302. The third-order valence-electron chi connectivity index (χ3n) is 2.73. The molecule has 0 spiro atoms. The highest BCUT2D eigenvalue weighted by molar-refractivity contribution is 5.85. The molecule has 0 aromatic carbocycles. The maximum atomic E-state index is 11.8. The first kappa shape index (κ1) is 17.2. The largest absolute Gasteiger partial charge is 0.444 e. The molecule has 1 atom stereocenters. The van der Waals surface area contributed by atoms with E-state index in [-0.39, 0.29) is 36.7 Å². The summed E-state index contributed by atoms with van der Waals surface area (Å²) in [5.74, 6) is -0.0977. The molecule has 0 saturated carbocycles. The molecule has 106 valence electrons. The van der Waals surface area contributed by atoms with Crippen molar-refractivity contribution in [3.8, 4) is 0 Å². The number of hydrogen-bond donors (Lipinski definition) is 1. The van der Waals surface area contributed by atoms with Gasteiger partial charge in [-0.25, -0.2) is 4.79 Å². The summed E-state index contributed by atoms with van der Waals surface area (Å²) in [6.07, 6.45) is 1.30. The number of rotatable bonds is 2. The fraction of sp³-hybridized carbons (Fsp3) is 0.833. The molecule has 0 aromatic heterocycles. The number of nitrogens with zero attached hydrogens (tertiary/aromatic N) is 1. The van der Waals surface area contributed by atoms with Crippen molar-refractivity contribution in [3.63, 3.8) is 0 Å². The number of ether oxygens (including phenoxy) is 1. The Kier molecular flexibility index (Phi) is 6.63. The summed E-state index contributed by atoms with van der Waals surface area (Å²) in [4.78, 5) is 25.0. The summed E-state index contributed by atoms with van der Waals surface area (Å²) in [5, 5.41) is 0. The maximum absolute atomic E-state index is 11.8. The Hall–Kier alpha value is -0.810. The van der Waals surface area contributed by atoms with Crippen LogP contribution in [0.1, 0.15) is 33.6 Å². The summed E-state index contributed by atoms with van der Waals surface area (Å²) in [6, 6.07) is 0. The minimum absolute atomic E-state index is 0. The van der Waals surface area contributed by atoms with Crippen molar-refractivity contribution in [1.82, 2.24) is 4.90 Å². The number of carbonyl (C=O) groups is 2. The minimum Gasteiger partial charge on any atom is -0.444 e. The highest BCUT2D eigenvalue weighted by Crippen LogP contribution is 2.19. The van der Waals surface area contributed by atoms with Crippen LogP contribution in [0.5, 0.6) is 0 Å². The van der Waals surface area contributed by atoms with Crippen LogP contribution in [0.2, 0.25) is 0 Å². The first-order valence-electron chi connectivity index (χ1n) is 6.04.